The second kappa shape index (κ2) is 6.89. The highest BCUT2D eigenvalue weighted by atomic mass is 79.9. The van der Waals surface area contributed by atoms with Gasteiger partial charge in [-0.3, -0.25) is 4.90 Å². The molecule has 1 aliphatic rings. The van der Waals surface area contributed by atoms with Crippen LogP contribution < -0.4 is 5.32 Å². The van der Waals surface area contributed by atoms with Gasteiger partial charge in [-0.05, 0) is 37.1 Å². The normalized spacial score (nSPS) is 20.6. The van der Waals surface area contributed by atoms with Crippen molar-refractivity contribution in [2.45, 2.75) is 25.4 Å². The number of halogens is 1. The van der Waals surface area contributed by atoms with Crippen LogP contribution in [0.2, 0.25) is 0 Å². The van der Waals surface area contributed by atoms with E-state index in [0.717, 1.165) is 24.1 Å². The highest BCUT2D eigenvalue weighted by Crippen LogP contribution is 2.16. The highest BCUT2D eigenvalue weighted by molar-refractivity contribution is 9.10. The van der Waals surface area contributed by atoms with Crippen LogP contribution in [0.25, 0.3) is 0 Å². The second-order valence-corrected chi connectivity index (χ2v) is 5.66. The number of rotatable bonds is 4. The molecule has 0 saturated carbocycles. The highest BCUT2D eigenvalue weighted by Gasteiger charge is 2.19. The molecule has 1 saturated heterocycles. The molecule has 1 atom stereocenters. The Kier molecular flexibility index (Phi) is 5.18. The van der Waals surface area contributed by atoms with Gasteiger partial charge in [-0.1, -0.05) is 28.1 Å². The zero-order valence-corrected chi connectivity index (χ0v) is 12.0. The molecule has 1 N–H and O–H groups in total. The lowest BCUT2D eigenvalue weighted by Gasteiger charge is -2.32. The number of nitrogens with one attached hydrogen (secondary N) is 1. The van der Waals surface area contributed by atoms with Crippen molar-refractivity contribution < 1.29 is 0 Å². The smallest absolute Gasteiger partial charge is 0.0843 e. The van der Waals surface area contributed by atoms with Gasteiger partial charge in [0.2, 0.25) is 0 Å². The fourth-order valence-electron chi connectivity index (χ4n) is 2.40. The fraction of sp³-hybridized carbons (Fsp3) is 0.500. The van der Waals surface area contributed by atoms with E-state index in [1.54, 1.807) is 0 Å². The lowest BCUT2D eigenvalue weighted by molar-refractivity contribution is 0.186. The molecular weight excluding hydrogens is 290 g/mol. The molecule has 96 valence electrons. The number of piperidine rings is 1. The first-order valence-electron chi connectivity index (χ1n) is 6.35. The first kappa shape index (κ1) is 13.5. The Morgan fingerprint density at radius 2 is 2.17 bits per heavy atom. The van der Waals surface area contributed by atoms with Crippen molar-refractivity contribution in [3.8, 4) is 6.07 Å². The van der Waals surface area contributed by atoms with E-state index in [-0.39, 0.29) is 0 Å². The van der Waals surface area contributed by atoms with Crippen LogP contribution in [0.1, 0.15) is 18.4 Å². The Labute approximate surface area is 117 Å². The van der Waals surface area contributed by atoms with E-state index in [1.165, 1.54) is 18.4 Å². The lowest BCUT2D eigenvalue weighted by atomic mass is 10.0. The molecule has 1 fully saturated rings. The minimum atomic E-state index is 0.455. The summed E-state index contributed by atoms with van der Waals surface area (Å²) in [6.07, 6.45) is 2.39. The maximum absolute atomic E-state index is 8.59. The number of hydrogen-bond donors (Lipinski definition) is 1. The fourth-order valence-corrected chi connectivity index (χ4v) is 2.67. The van der Waals surface area contributed by atoms with E-state index >= 15 is 0 Å². The van der Waals surface area contributed by atoms with Crippen LogP contribution in [-0.4, -0.2) is 30.6 Å². The average molecular weight is 308 g/mol. The Hall–Kier alpha value is -0.890. The summed E-state index contributed by atoms with van der Waals surface area (Å²) in [5.74, 6) is 0. The zero-order valence-electron chi connectivity index (χ0n) is 10.4. The third-order valence-electron chi connectivity index (χ3n) is 3.29. The monoisotopic (exact) mass is 307 g/mol. The van der Waals surface area contributed by atoms with Gasteiger partial charge in [0.25, 0.3) is 0 Å². The Morgan fingerprint density at radius 1 is 1.39 bits per heavy atom. The van der Waals surface area contributed by atoms with Crippen LogP contribution in [0.4, 0.5) is 0 Å². The molecule has 1 aromatic carbocycles. The predicted octanol–water partition coefficient (Wildman–Crippen LogP) is 2.53. The number of nitriles is 1. The summed E-state index contributed by atoms with van der Waals surface area (Å²) in [6.45, 7) is 3.65. The molecule has 1 aliphatic heterocycles. The number of benzene rings is 1. The van der Waals surface area contributed by atoms with Gasteiger partial charge in [0.15, 0.2) is 0 Å². The van der Waals surface area contributed by atoms with Gasteiger partial charge in [0.1, 0.15) is 0 Å². The van der Waals surface area contributed by atoms with Crippen molar-refractivity contribution in [2.75, 3.05) is 19.6 Å². The zero-order chi connectivity index (χ0) is 12.8. The van der Waals surface area contributed by atoms with Gasteiger partial charge in [-0.25, -0.2) is 0 Å². The van der Waals surface area contributed by atoms with Crippen molar-refractivity contribution in [3.05, 3.63) is 34.3 Å². The van der Waals surface area contributed by atoms with Crippen LogP contribution in [0.3, 0.4) is 0 Å². The van der Waals surface area contributed by atoms with Gasteiger partial charge >= 0.3 is 0 Å². The van der Waals surface area contributed by atoms with Crippen molar-refractivity contribution >= 4 is 15.9 Å². The van der Waals surface area contributed by atoms with E-state index in [1.807, 2.05) is 0 Å². The van der Waals surface area contributed by atoms with E-state index in [0.29, 0.717) is 12.6 Å². The van der Waals surface area contributed by atoms with Crippen LogP contribution in [0.5, 0.6) is 0 Å². The number of nitrogens with zero attached hydrogens (tertiary/aromatic N) is 2. The first-order valence-corrected chi connectivity index (χ1v) is 7.14. The topological polar surface area (TPSA) is 39.1 Å². The SMILES string of the molecule is N#CCNC1CCCN(Cc2ccc(Br)cc2)C1. The molecule has 18 heavy (non-hydrogen) atoms. The average Bonchev–Trinajstić information content (AvgIpc) is 2.40. The minimum Gasteiger partial charge on any atom is -0.300 e. The van der Waals surface area contributed by atoms with Gasteiger partial charge in [0.05, 0.1) is 12.6 Å². The molecule has 2 rings (SSSR count). The number of hydrogen-bond acceptors (Lipinski definition) is 3. The summed E-state index contributed by atoms with van der Waals surface area (Å²) in [6, 6.07) is 11.1. The van der Waals surface area contributed by atoms with Crippen LogP contribution >= 0.6 is 15.9 Å². The van der Waals surface area contributed by atoms with Gasteiger partial charge in [-0.15, -0.1) is 0 Å². The summed E-state index contributed by atoms with van der Waals surface area (Å²) in [5.41, 5.74) is 1.35. The van der Waals surface area contributed by atoms with E-state index in [9.17, 15) is 0 Å². The largest absolute Gasteiger partial charge is 0.300 e. The lowest BCUT2D eigenvalue weighted by Crippen LogP contribution is -2.45. The third-order valence-corrected chi connectivity index (χ3v) is 3.82. The maximum atomic E-state index is 8.59. The van der Waals surface area contributed by atoms with Crippen molar-refractivity contribution in [3.63, 3.8) is 0 Å². The first-order chi connectivity index (χ1) is 8.78. The minimum absolute atomic E-state index is 0.455. The van der Waals surface area contributed by atoms with Crippen LogP contribution in [-0.2, 0) is 6.54 Å². The molecule has 1 aromatic rings. The summed E-state index contributed by atoms with van der Waals surface area (Å²) in [5, 5.41) is 11.9. The maximum Gasteiger partial charge on any atom is 0.0843 e. The molecule has 0 bridgehead atoms. The number of likely N-dealkylation sites (tertiary alicyclic amines) is 1. The molecule has 0 amide bonds. The molecule has 0 aliphatic carbocycles. The third kappa shape index (κ3) is 4.09. The summed E-state index contributed by atoms with van der Waals surface area (Å²) in [7, 11) is 0. The van der Waals surface area contributed by atoms with Gasteiger partial charge in [0, 0.05) is 23.6 Å². The van der Waals surface area contributed by atoms with Gasteiger partial charge in [-0.2, -0.15) is 5.26 Å². The summed E-state index contributed by atoms with van der Waals surface area (Å²) >= 11 is 3.45. The Bertz CT molecular complexity index is 410. The Morgan fingerprint density at radius 3 is 2.89 bits per heavy atom. The van der Waals surface area contributed by atoms with Crippen LogP contribution in [0, 0.1) is 11.3 Å². The van der Waals surface area contributed by atoms with E-state index in [2.05, 4.69) is 56.5 Å². The van der Waals surface area contributed by atoms with Crippen LogP contribution in [0.15, 0.2) is 28.7 Å². The molecule has 1 heterocycles. The standard InChI is InChI=1S/C14H18BrN3/c15-13-5-3-12(4-6-13)10-18-9-1-2-14(11-18)17-8-7-16/h3-6,14,17H,1-2,8-11H2. The molecular formula is C14H18BrN3. The molecule has 3 nitrogen and oxygen atoms in total. The molecule has 4 heteroatoms. The molecule has 0 aromatic heterocycles. The molecule has 0 radical (unpaired) electrons. The second-order valence-electron chi connectivity index (χ2n) is 4.74. The molecule has 0 spiro atoms. The Balaban J connectivity index is 1.85. The van der Waals surface area contributed by atoms with E-state index in [4.69, 9.17) is 5.26 Å². The quantitative estimate of drug-likeness (QED) is 0.869. The summed E-state index contributed by atoms with van der Waals surface area (Å²) in [4.78, 5) is 2.46. The van der Waals surface area contributed by atoms with Crippen molar-refractivity contribution in [2.24, 2.45) is 0 Å². The van der Waals surface area contributed by atoms with Gasteiger partial charge < -0.3 is 5.32 Å². The summed E-state index contributed by atoms with van der Waals surface area (Å²) < 4.78 is 1.12. The van der Waals surface area contributed by atoms with Crippen molar-refractivity contribution in [1.29, 1.82) is 5.26 Å². The molecule has 1 unspecified atom stereocenters. The van der Waals surface area contributed by atoms with E-state index < -0.39 is 0 Å². The van der Waals surface area contributed by atoms with Crippen molar-refractivity contribution in [1.82, 2.24) is 10.2 Å². The predicted molar refractivity (Wildman–Crippen MR) is 76.1 cm³/mol.